The van der Waals surface area contributed by atoms with Gasteiger partial charge >= 0.3 is 0 Å². The Morgan fingerprint density at radius 3 is 2.05 bits per heavy atom. The molecule has 4 bridgehead atoms. The monoisotopic (exact) mass is 740 g/mol. The van der Waals surface area contributed by atoms with Crippen molar-refractivity contribution in [1.29, 1.82) is 0 Å². The number of piperidine rings is 2. The topological polar surface area (TPSA) is 106 Å². The fourth-order valence-electron chi connectivity index (χ4n) is 13.1. The molecule has 55 heavy (non-hydrogen) atoms. The van der Waals surface area contributed by atoms with E-state index in [1.165, 1.54) is 77.3 Å². The zero-order valence-corrected chi connectivity index (χ0v) is 32.2. The molecule has 4 aromatic rings. The lowest BCUT2D eigenvalue weighted by atomic mass is 9.49. The van der Waals surface area contributed by atoms with Crippen LogP contribution in [0.4, 0.5) is 5.82 Å². The zero-order valence-electron chi connectivity index (χ0n) is 32.2. The number of hydrogen-bond donors (Lipinski definition) is 1. The van der Waals surface area contributed by atoms with E-state index in [9.17, 15) is 4.79 Å². The molecule has 12 rings (SSSR count). The Morgan fingerprint density at radius 2 is 1.38 bits per heavy atom. The van der Waals surface area contributed by atoms with Crippen LogP contribution in [0.15, 0.2) is 60.9 Å². The lowest BCUT2D eigenvalue weighted by molar-refractivity contribution is -0.148. The first-order valence-corrected chi connectivity index (χ1v) is 21.4. The molecule has 5 saturated carbocycles. The molecule has 5 aliphatic carbocycles. The summed E-state index contributed by atoms with van der Waals surface area (Å²) in [6, 6.07) is 19.4. The Morgan fingerprint density at radius 1 is 0.745 bits per heavy atom. The SMILES string of the molecule is Nc1ncnc2c1c(-c1ccc(Oc3ccccc3)cc1)nn2C1CCN(C2CC3(CCN(C4CN(C(=O)CC56CC7CC(CC(C7)C5)C6)C4)CC3)C2)CC1. The molecule has 0 radical (unpaired) electrons. The van der Waals surface area contributed by atoms with E-state index >= 15 is 0 Å². The number of fused-ring (bicyclic) bond motifs is 1. The van der Waals surface area contributed by atoms with Gasteiger partial charge in [-0.2, -0.15) is 5.10 Å². The summed E-state index contributed by atoms with van der Waals surface area (Å²) >= 11 is 0. The highest BCUT2D eigenvalue weighted by molar-refractivity contribution is 5.98. The van der Waals surface area contributed by atoms with Gasteiger partial charge in [0.15, 0.2) is 5.65 Å². The van der Waals surface area contributed by atoms with E-state index in [2.05, 4.69) is 24.4 Å². The molecule has 10 heteroatoms. The number of ether oxygens (including phenoxy) is 1. The molecular weight excluding hydrogens is 685 g/mol. The number of carbonyl (C=O) groups is 1. The van der Waals surface area contributed by atoms with E-state index in [1.807, 2.05) is 54.6 Å². The van der Waals surface area contributed by atoms with Crippen molar-refractivity contribution in [1.82, 2.24) is 34.4 Å². The standard InChI is InChI=1S/C45H56N8O2/c46-42-40-41(33-6-8-38(9-7-33)55-37-4-2-1-3-5-37)49-53(43(40)48-29-47-42)34-10-14-50(15-11-34)35-24-44(25-35)12-16-51(17-13-44)36-27-52(28-36)39(54)26-45-21-30-18-31(22-45)20-32(19-30)23-45/h1-9,29-32,34-36H,10-28H2,(H2,46,47,48). The van der Waals surface area contributed by atoms with Crippen molar-refractivity contribution >= 4 is 22.8 Å². The van der Waals surface area contributed by atoms with Crippen LogP contribution in [0.25, 0.3) is 22.3 Å². The maximum atomic E-state index is 13.5. The summed E-state index contributed by atoms with van der Waals surface area (Å²) in [5.41, 5.74) is 9.98. The second-order valence-electron chi connectivity index (χ2n) is 19.1. The molecule has 288 valence electrons. The number of likely N-dealkylation sites (tertiary alicyclic amines) is 3. The van der Waals surface area contributed by atoms with Gasteiger partial charge in [-0.05, 0) is 155 Å². The second kappa shape index (κ2) is 13.3. The number of amides is 1. The summed E-state index contributed by atoms with van der Waals surface area (Å²) in [5.74, 6) is 5.29. The van der Waals surface area contributed by atoms with Crippen molar-refractivity contribution in [2.45, 2.75) is 102 Å². The van der Waals surface area contributed by atoms with Gasteiger partial charge in [0, 0.05) is 50.2 Å². The number of carbonyl (C=O) groups excluding carboxylic acids is 1. The summed E-state index contributed by atoms with van der Waals surface area (Å²) < 4.78 is 8.16. The predicted molar refractivity (Wildman–Crippen MR) is 213 cm³/mol. The van der Waals surface area contributed by atoms with Gasteiger partial charge in [0.05, 0.1) is 11.4 Å². The van der Waals surface area contributed by atoms with Gasteiger partial charge in [-0.3, -0.25) is 9.69 Å². The smallest absolute Gasteiger partial charge is 0.223 e. The molecule has 3 saturated heterocycles. The van der Waals surface area contributed by atoms with Crippen LogP contribution in [0.1, 0.15) is 89.5 Å². The molecule has 3 aliphatic heterocycles. The Kier molecular flexibility index (Phi) is 8.28. The Hall–Kier alpha value is -4.02. The molecule has 0 unspecified atom stereocenters. The Labute approximate surface area is 324 Å². The summed E-state index contributed by atoms with van der Waals surface area (Å²) in [4.78, 5) is 30.2. The molecule has 1 amide bonds. The maximum absolute atomic E-state index is 13.5. The van der Waals surface area contributed by atoms with Crippen molar-refractivity contribution in [2.24, 2.45) is 28.6 Å². The van der Waals surface area contributed by atoms with Gasteiger partial charge in [-0.1, -0.05) is 18.2 Å². The summed E-state index contributed by atoms with van der Waals surface area (Å²) in [7, 11) is 0. The fourth-order valence-corrected chi connectivity index (χ4v) is 13.1. The molecule has 10 nitrogen and oxygen atoms in total. The number of anilines is 1. The molecule has 8 fully saturated rings. The van der Waals surface area contributed by atoms with Crippen molar-refractivity contribution in [3.8, 4) is 22.8 Å². The van der Waals surface area contributed by atoms with Gasteiger partial charge in [0.1, 0.15) is 29.3 Å². The zero-order chi connectivity index (χ0) is 36.7. The van der Waals surface area contributed by atoms with E-state index in [4.69, 9.17) is 20.6 Å². The number of rotatable bonds is 8. The largest absolute Gasteiger partial charge is 0.457 e. The molecule has 0 atom stereocenters. The first-order chi connectivity index (χ1) is 26.9. The minimum Gasteiger partial charge on any atom is -0.457 e. The number of nitrogens with zero attached hydrogens (tertiary/aromatic N) is 7. The molecule has 2 N–H and O–H groups in total. The average Bonchev–Trinajstić information content (AvgIpc) is 3.55. The highest BCUT2D eigenvalue weighted by atomic mass is 16.5. The van der Waals surface area contributed by atoms with Crippen molar-refractivity contribution in [3.63, 3.8) is 0 Å². The average molecular weight is 741 g/mol. The van der Waals surface area contributed by atoms with Crippen LogP contribution < -0.4 is 10.5 Å². The third-order valence-corrected chi connectivity index (χ3v) is 15.6. The molecule has 1 spiro atoms. The normalized spacial score (nSPS) is 29.8. The van der Waals surface area contributed by atoms with Gasteiger partial charge in [-0.25, -0.2) is 14.6 Å². The Balaban J connectivity index is 0.664. The minimum atomic E-state index is 0.279. The highest BCUT2D eigenvalue weighted by Gasteiger charge is 2.53. The Bertz CT molecular complexity index is 2000. The van der Waals surface area contributed by atoms with E-state index in [-0.39, 0.29) is 6.04 Å². The van der Waals surface area contributed by atoms with Crippen LogP contribution in [-0.2, 0) is 4.79 Å². The lowest BCUT2D eigenvalue weighted by Gasteiger charge is -2.58. The molecular formula is C45H56N8O2. The first kappa shape index (κ1) is 34.2. The number of para-hydroxylation sites is 1. The number of benzene rings is 2. The van der Waals surface area contributed by atoms with E-state index < -0.39 is 0 Å². The van der Waals surface area contributed by atoms with Crippen molar-refractivity contribution < 1.29 is 9.53 Å². The van der Waals surface area contributed by atoms with E-state index in [1.54, 1.807) is 6.33 Å². The molecule has 2 aromatic carbocycles. The molecule has 2 aromatic heterocycles. The number of aromatic nitrogens is 4. The van der Waals surface area contributed by atoms with Gasteiger partial charge in [0.25, 0.3) is 0 Å². The first-order valence-electron chi connectivity index (χ1n) is 21.4. The summed E-state index contributed by atoms with van der Waals surface area (Å²) in [6.07, 6.45) is 18.2. The van der Waals surface area contributed by atoms with E-state index in [0.717, 1.165) is 97.0 Å². The van der Waals surface area contributed by atoms with Crippen LogP contribution in [0.5, 0.6) is 11.5 Å². The lowest BCUT2D eigenvalue weighted by Crippen LogP contribution is -2.64. The van der Waals surface area contributed by atoms with Crippen molar-refractivity contribution in [3.05, 3.63) is 60.9 Å². The summed E-state index contributed by atoms with van der Waals surface area (Å²) in [6.45, 7) is 6.54. The number of nitrogens with two attached hydrogens (primary N) is 1. The van der Waals surface area contributed by atoms with Crippen LogP contribution >= 0.6 is 0 Å². The van der Waals surface area contributed by atoms with Crippen molar-refractivity contribution in [2.75, 3.05) is 45.0 Å². The predicted octanol–water partition coefficient (Wildman–Crippen LogP) is 7.57. The number of hydrogen-bond acceptors (Lipinski definition) is 8. The summed E-state index contributed by atoms with van der Waals surface area (Å²) in [5, 5.41) is 5.99. The third-order valence-electron chi connectivity index (χ3n) is 15.6. The van der Waals surface area contributed by atoms with E-state index in [0.29, 0.717) is 34.6 Å². The van der Waals surface area contributed by atoms with Gasteiger partial charge < -0.3 is 20.3 Å². The molecule has 8 aliphatic rings. The second-order valence-corrected chi connectivity index (χ2v) is 19.1. The van der Waals surface area contributed by atoms with Crippen LogP contribution in [-0.4, -0.2) is 91.7 Å². The van der Waals surface area contributed by atoms with Crippen LogP contribution in [0, 0.1) is 28.6 Å². The minimum absolute atomic E-state index is 0.279. The van der Waals surface area contributed by atoms with Gasteiger partial charge in [-0.15, -0.1) is 0 Å². The third kappa shape index (κ3) is 6.22. The quantitative estimate of drug-likeness (QED) is 0.197. The maximum Gasteiger partial charge on any atom is 0.223 e. The van der Waals surface area contributed by atoms with Crippen LogP contribution in [0.3, 0.4) is 0 Å². The van der Waals surface area contributed by atoms with Crippen LogP contribution in [0.2, 0.25) is 0 Å². The van der Waals surface area contributed by atoms with Gasteiger partial charge in [0.2, 0.25) is 5.91 Å². The fraction of sp³-hybridized carbons (Fsp3) is 0.600. The molecule has 5 heterocycles. The number of nitrogen functional groups attached to an aromatic ring is 1. The highest BCUT2D eigenvalue weighted by Crippen LogP contribution is 2.61.